The number of fused-ring (bicyclic) bond motifs is 2. The first kappa shape index (κ1) is 31.8. The van der Waals surface area contributed by atoms with Gasteiger partial charge in [0.25, 0.3) is 0 Å². The Bertz CT molecular complexity index is 1650. The number of hydrogen-bond donors (Lipinski definition) is 1. The number of likely N-dealkylation sites (N-methyl/N-ethyl adjacent to an activating group) is 1. The van der Waals surface area contributed by atoms with Gasteiger partial charge in [0, 0.05) is 77.0 Å². The quantitative estimate of drug-likeness (QED) is 0.103. The van der Waals surface area contributed by atoms with E-state index in [9.17, 15) is 9.59 Å². The molecule has 8 nitrogen and oxygen atoms in total. The van der Waals surface area contributed by atoms with Gasteiger partial charge in [0.05, 0.1) is 18.2 Å². The molecule has 0 unspecified atom stereocenters. The smallest absolute Gasteiger partial charge is 0.220 e. The van der Waals surface area contributed by atoms with E-state index in [4.69, 9.17) is 0 Å². The monoisotopic (exact) mass is 705 g/mol. The van der Waals surface area contributed by atoms with Crippen molar-refractivity contribution in [3.8, 4) is 0 Å². The Morgan fingerprint density at radius 1 is 0.977 bits per heavy atom. The minimum Gasteiger partial charge on any atom is -0.350 e. The molecule has 230 valence electrons. The second kappa shape index (κ2) is 13.2. The number of nitrogens with zero attached hydrogens (tertiary/aromatic N) is 5. The molecule has 0 saturated carbocycles. The predicted octanol–water partition coefficient (Wildman–Crippen LogP) is 6.36. The van der Waals surface area contributed by atoms with Gasteiger partial charge in [-0.3, -0.25) is 9.59 Å². The van der Waals surface area contributed by atoms with Crippen molar-refractivity contribution in [1.29, 1.82) is 0 Å². The van der Waals surface area contributed by atoms with Crippen molar-refractivity contribution in [3.05, 3.63) is 95.5 Å². The van der Waals surface area contributed by atoms with Gasteiger partial charge in [-0.1, -0.05) is 61.5 Å². The van der Waals surface area contributed by atoms with Crippen LogP contribution in [0.4, 0.5) is 11.4 Å². The SMILES string of the molecule is CN1/C(=C/C=C/C2=[N+](CCCCCC(=O)NCc3cn(CC(=O)I)nn3)c3ccccc3C2(C)C)C(C)(C)c2ccccc21. The largest absolute Gasteiger partial charge is 0.350 e. The van der Waals surface area contributed by atoms with Crippen molar-refractivity contribution < 1.29 is 14.2 Å². The third-order valence-corrected chi connectivity index (χ3v) is 9.21. The summed E-state index contributed by atoms with van der Waals surface area (Å²) in [6.45, 7) is 10.6. The van der Waals surface area contributed by atoms with E-state index < -0.39 is 0 Å². The van der Waals surface area contributed by atoms with Crippen molar-refractivity contribution >= 4 is 49.4 Å². The molecule has 3 heterocycles. The second-order valence-electron chi connectivity index (χ2n) is 12.6. The van der Waals surface area contributed by atoms with Crippen LogP contribution in [-0.2, 0) is 33.5 Å². The third kappa shape index (κ3) is 6.57. The number of para-hydroxylation sites is 2. The van der Waals surface area contributed by atoms with Gasteiger partial charge in [0.1, 0.15) is 18.8 Å². The molecule has 0 aliphatic carbocycles. The zero-order valence-corrected chi connectivity index (χ0v) is 28.5. The number of allylic oxidation sites excluding steroid dienone is 4. The number of aromatic nitrogens is 3. The first-order valence-electron chi connectivity index (χ1n) is 15.3. The lowest BCUT2D eigenvalue weighted by atomic mass is 9.81. The van der Waals surface area contributed by atoms with Gasteiger partial charge < -0.3 is 10.2 Å². The van der Waals surface area contributed by atoms with Crippen LogP contribution in [0.15, 0.2) is 78.7 Å². The minimum atomic E-state index is -0.114. The highest BCUT2D eigenvalue weighted by Crippen LogP contribution is 2.46. The topological polar surface area (TPSA) is 83.1 Å². The first-order chi connectivity index (χ1) is 21.0. The lowest BCUT2D eigenvalue weighted by molar-refractivity contribution is -0.438. The highest BCUT2D eigenvalue weighted by atomic mass is 127. The molecule has 2 aliphatic heterocycles. The fourth-order valence-electron chi connectivity index (χ4n) is 6.55. The van der Waals surface area contributed by atoms with E-state index in [1.807, 2.05) is 0 Å². The molecule has 0 atom stereocenters. The van der Waals surface area contributed by atoms with Crippen LogP contribution in [0.5, 0.6) is 0 Å². The van der Waals surface area contributed by atoms with E-state index in [0.717, 1.165) is 25.8 Å². The molecule has 2 aromatic carbocycles. The maximum Gasteiger partial charge on any atom is 0.220 e. The number of halogens is 1. The summed E-state index contributed by atoms with van der Waals surface area (Å²) in [5.41, 5.74) is 8.29. The van der Waals surface area contributed by atoms with E-state index in [-0.39, 0.29) is 27.1 Å². The first-order valence-corrected chi connectivity index (χ1v) is 16.4. The summed E-state index contributed by atoms with van der Waals surface area (Å²) in [5.74, 6) is 0.00217. The molecular weight excluding hydrogens is 663 g/mol. The fraction of sp³-hybridized carbons (Fsp3) is 0.400. The Kier molecular flexibility index (Phi) is 9.53. The van der Waals surface area contributed by atoms with Crippen LogP contribution >= 0.6 is 22.6 Å². The number of carbonyl (C=O) groups excluding carboxylic acids is 2. The predicted molar refractivity (Wildman–Crippen MR) is 184 cm³/mol. The number of anilines is 1. The van der Waals surface area contributed by atoms with Crippen molar-refractivity contribution in [2.24, 2.45) is 0 Å². The van der Waals surface area contributed by atoms with Gasteiger partial charge in [0.2, 0.25) is 15.4 Å². The average molecular weight is 706 g/mol. The molecule has 0 bridgehead atoms. The summed E-state index contributed by atoms with van der Waals surface area (Å²) in [6.07, 6.45) is 11.7. The Morgan fingerprint density at radius 2 is 1.70 bits per heavy atom. The van der Waals surface area contributed by atoms with Gasteiger partial charge in [-0.25, -0.2) is 4.68 Å². The summed E-state index contributed by atoms with van der Waals surface area (Å²) in [5, 5.41) is 10.9. The summed E-state index contributed by atoms with van der Waals surface area (Å²) in [4.78, 5) is 26.0. The zero-order valence-electron chi connectivity index (χ0n) is 26.3. The van der Waals surface area contributed by atoms with Crippen LogP contribution in [0, 0.1) is 0 Å². The van der Waals surface area contributed by atoms with Crippen molar-refractivity contribution in [3.63, 3.8) is 0 Å². The van der Waals surface area contributed by atoms with Crippen LogP contribution in [0.2, 0.25) is 0 Å². The zero-order chi connectivity index (χ0) is 31.5. The van der Waals surface area contributed by atoms with E-state index in [1.165, 1.54) is 38.6 Å². The van der Waals surface area contributed by atoms with E-state index >= 15 is 0 Å². The van der Waals surface area contributed by atoms with Gasteiger partial charge >= 0.3 is 0 Å². The lowest BCUT2D eigenvalue weighted by Crippen LogP contribution is -2.28. The highest BCUT2D eigenvalue weighted by Gasteiger charge is 2.44. The maximum atomic E-state index is 12.4. The molecule has 1 N–H and O–H groups in total. The van der Waals surface area contributed by atoms with Crippen molar-refractivity contribution in [2.75, 3.05) is 18.5 Å². The molecule has 1 aromatic heterocycles. The van der Waals surface area contributed by atoms with Crippen molar-refractivity contribution in [1.82, 2.24) is 20.3 Å². The van der Waals surface area contributed by atoms with Gasteiger partial charge in [0.15, 0.2) is 5.71 Å². The van der Waals surface area contributed by atoms with E-state index in [0.29, 0.717) is 18.7 Å². The number of rotatable bonds is 12. The molecule has 0 radical (unpaired) electrons. The normalized spacial score (nSPS) is 17.4. The molecule has 44 heavy (non-hydrogen) atoms. The van der Waals surface area contributed by atoms with Gasteiger partial charge in [-0.05, 0) is 44.4 Å². The molecule has 0 fully saturated rings. The number of carbonyl (C=O) groups is 2. The molecule has 0 spiro atoms. The van der Waals surface area contributed by atoms with E-state index in [2.05, 4.69) is 127 Å². The Hall–Kier alpha value is -3.60. The maximum absolute atomic E-state index is 12.4. The summed E-state index contributed by atoms with van der Waals surface area (Å²) in [6, 6.07) is 17.4. The van der Waals surface area contributed by atoms with Crippen LogP contribution in [0.3, 0.4) is 0 Å². The van der Waals surface area contributed by atoms with Crippen LogP contribution < -0.4 is 10.2 Å². The van der Waals surface area contributed by atoms with E-state index in [1.54, 1.807) is 28.8 Å². The van der Waals surface area contributed by atoms with Crippen LogP contribution in [0.1, 0.15) is 70.2 Å². The minimum absolute atomic E-state index is 0.00217. The third-order valence-electron chi connectivity index (χ3n) is 8.87. The summed E-state index contributed by atoms with van der Waals surface area (Å²) in [7, 11) is 2.16. The highest BCUT2D eigenvalue weighted by molar-refractivity contribution is 14.1. The Morgan fingerprint density at radius 3 is 2.45 bits per heavy atom. The van der Waals surface area contributed by atoms with Gasteiger partial charge in [-0.2, -0.15) is 4.58 Å². The molecule has 5 rings (SSSR count). The summed E-state index contributed by atoms with van der Waals surface area (Å²) < 4.78 is 3.93. The number of amides is 1. The molecule has 9 heteroatoms. The van der Waals surface area contributed by atoms with Gasteiger partial charge in [-0.15, -0.1) is 5.10 Å². The number of hydrogen-bond acceptors (Lipinski definition) is 5. The van der Waals surface area contributed by atoms with Crippen LogP contribution in [0.25, 0.3) is 0 Å². The number of nitrogens with one attached hydrogen (secondary N) is 1. The molecule has 3 aromatic rings. The number of benzene rings is 2. The Labute approximate surface area is 274 Å². The Balaban J connectivity index is 1.21. The molecule has 0 saturated heterocycles. The fourth-order valence-corrected chi connectivity index (χ4v) is 6.90. The standard InChI is InChI=1S/C35H41IN6O2/c1-34(2)26-14-8-10-16-28(26)40(5)30(34)18-13-19-31-35(3,4)27-15-9-11-17-29(27)42(31)21-12-6-7-20-33(44)37-22-25-23-41(39-38-25)24-32(36)43/h8-11,13-19,23H,6-7,12,20-22,24H2,1-5H3/p+1. The van der Waals surface area contributed by atoms with Crippen molar-refractivity contribution in [2.45, 2.75) is 77.3 Å². The molecule has 2 aliphatic rings. The molecule has 1 amide bonds. The lowest BCUT2D eigenvalue weighted by Gasteiger charge is -2.23. The number of unbranched alkanes of at least 4 members (excludes halogenated alkanes) is 2. The van der Waals surface area contributed by atoms with Crippen LogP contribution in [-0.4, -0.2) is 48.6 Å². The average Bonchev–Trinajstić information content (AvgIpc) is 3.58. The summed E-state index contributed by atoms with van der Waals surface area (Å²) >= 11 is 1.73. The second-order valence-corrected chi connectivity index (χ2v) is 13.8. The molecular formula is C35H42IN6O2+.